The fraction of sp³-hybridized carbons (Fsp3) is 0.200. The van der Waals surface area contributed by atoms with Crippen molar-refractivity contribution in [2.45, 2.75) is 20.8 Å². The maximum Gasteiger partial charge on any atom is 0.243 e. The van der Waals surface area contributed by atoms with E-state index >= 15 is 0 Å². The van der Waals surface area contributed by atoms with Gasteiger partial charge in [0, 0.05) is 22.6 Å². The third kappa shape index (κ3) is 3.88. The number of para-hydroxylation sites is 1. The number of hydrogen-bond acceptors (Lipinski definition) is 5. The lowest BCUT2D eigenvalue weighted by atomic mass is 10.2. The van der Waals surface area contributed by atoms with Crippen molar-refractivity contribution in [3.63, 3.8) is 0 Å². The van der Waals surface area contributed by atoms with Crippen LogP contribution in [0.5, 0.6) is 0 Å². The number of imidazole rings is 1. The molecule has 9 nitrogen and oxygen atoms in total. The number of H-pyrrole nitrogens is 3. The summed E-state index contributed by atoms with van der Waals surface area (Å²) in [5, 5.41) is 20.4. The van der Waals surface area contributed by atoms with Crippen molar-refractivity contribution in [3.8, 4) is 22.9 Å². The van der Waals surface area contributed by atoms with Crippen LogP contribution in [-0.4, -0.2) is 42.8 Å². The van der Waals surface area contributed by atoms with E-state index in [1.165, 1.54) is 0 Å². The average molecular weight is 390 g/mol. The second-order valence-electron chi connectivity index (χ2n) is 6.84. The second kappa shape index (κ2) is 7.63. The maximum atomic E-state index is 12.2. The molecule has 1 aromatic carbocycles. The number of rotatable bonds is 6. The van der Waals surface area contributed by atoms with E-state index < -0.39 is 0 Å². The molecule has 0 saturated heterocycles. The van der Waals surface area contributed by atoms with Gasteiger partial charge in [-0.25, -0.2) is 4.98 Å². The molecule has 0 radical (unpaired) electrons. The summed E-state index contributed by atoms with van der Waals surface area (Å²) in [5.41, 5.74) is 5.83. The first-order valence-corrected chi connectivity index (χ1v) is 9.24. The van der Waals surface area contributed by atoms with Crippen LogP contribution in [0.25, 0.3) is 22.9 Å². The number of amides is 1. The monoisotopic (exact) mass is 390 g/mol. The molecule has 0 aliphatic heterocycles. The Morgan fingerprint density at radius 2 is 1.86 bits per heavy atom. The van der Waals surface area contributed by atoms with Gasteiger partial charge >= 0.3 is 0 Å². The first kappa shape index (κ1) is 18.5. The highest BCUT2D eigenvalue weighted by molar-refractivity contribution is 5.93. The molecule has 148 valence electrons. The Morgan fingerprint density at radius 3 is 2.59 bits per heavy atom. The molecule has 9 heteroatoms. The number of anilines is 2. The highest BCUT2D eigenvalue weighted by atomic mass is 16.1. The van der Waals surface area contributed by atoms with Crippen molar-refractivity contribution >= 4 is 17.4 Å². The number of nitrogens with one attached hydrogen (secondary N) is 5. The van der Waals surface area contributed by atoms with Crippen LogP contribution in [0.1, 0.15) is 17.0 Å². The Morgan fingerprint density at radius 1 is 1.07 bits per heavy atom. The zero-order valence-corrected chi connectivity index (χ0v) is 16.4. The lowest BCUT2D eigenvalue weighted by molar-refractivity contribution is -0.114. The van der Waals surface area contributed by atoms with Crippen molar-refractivity contribution in [2.24, 2.45) is 0 Å². The van der Waals surface area contributed by atoms with Gasteiger partial charge in [0.15, 0.2) is 11.6 Å². The minimum Gasteiger partial charge on any atom is -0.359 e. The maximum absolute atomic E-state index is 12.2. The van der Waals surface area contributed by atoms with E-state index in [1.807, 2.05) is 57.2 Å². The van der Waals surface area contributed by atoms with Crippen LogP contribution in [0.3, 0.4) is 0 Å². The van der Waals surface area contributed by atoms with E-state index in [2.05, 4.69) is 41.0 Å². The Balaban J connectivity index is 1.47. The van der Waals surface area contributed by atoms with Gasteiger partial charge < -0.3 is 15.6 Å². The highest BCUT2D eigenvalue weighted by Crippen LogP contribution is 2.29. The number of carbonyl (C=O) groups is 1. The van der Waals surface area contributed by atoms with Gasteiger partial charge in [0.2, 0.25) is 5.91 Å². The molecule has 0 aliphatic carbocycles. The zero-order chi connectivity index (χ0) is 20.4. The predicted molar refractivity (Wildman–Crippen MR) is 112 cm³/mol. The van der Waals surface area contributed by atoms with Crippen LogP contribution in [0, 0.1) is 20.8 Å². The van der Waals surface area contributed by atoms with Gasteiger partial charge in [0.1, 0.15) is 11.4 Å². The molecular weight excluding hydrogens is 368 g/mol. The largest absolute Gasteiger partial charge is 0.359 e. The Hall–Kier alpha value is -3.88. The number of nitrogens with zero attached hydrogens (tertiary/aromatic N) is 3. The third-order valence-electron chi connectivity index (χ3n) is 4.55. The predicted octanol–water partition coefficient (Wildman–Crippen LogP) is 3.17. The van der Waals surface area contributed by atoms with Crippen molar-refractivity contribution in [1.82, 2.24) is 30.4 Å². The second-order valence-corrected chi connectivity index (χ2v) is 6.84. The van der Waals surface area contributed by atoms with Gasteiger partial charge in [0.25, 0.3) is 0 Å². The summed E-state index contributed by atoms with van der Waals surface area (Å²) in [6, 6.07) is 11.3. The van der Waals surface area contributed by atoms with Crippen LogP contribution in [0.4, 0.5) is 11.5 Å². The summed E-state index contributed by atoms with van der Waals surface area (Å²) < 4.78 is 0. The summed E-state index contributed by atoms with van der Waals surface area (Å²) in [5.74, 6) is 1.16. The molecule has 0 atom stereocenters. The van der Waals surface area contributed by atoms with E-state index in [-0.39, 0.29) is 12.5 Å². The summed E-state index contributed by atoms with van der Waals surface area (Å²) in [6.07, 6.45) is 0. The number of aryl methyl sites for hydroxylation is 2. The lowest BCUT2D eigenvalue weighted by Crippen LogP contribution is -2.22. The molecule has 3 heterocycles. The van der Waals surface area contributed by atoms with Gasteiger partial charge in [-0.2, -0.15) is 10.2 Å². The van der Waals surface area contributed by atoms with E-state index in [0.29, 0.717) is 11.6 Å². The van der Waals surface area contributed by atoms with Crippen LogP contribution >= 0.6 is 0 Å². The molecule has 0 bridgehead atoms. The molecule has 1 amide bonds. The Labute approximate surface area is 167 Å². The van der Waals surface area contributed by atoms with Crippen LogP contribution in [0.2, 0.25) is 0 Å². The molecule has 0 saturated carbocycles. The first-order valence-electron chi connectivity index (χ1n) is 9.24. The Kier molecular flexibility index (Phi) is 4.86. The van der Waals surface area contributed by atoms with E-state index in [0.717, 1.165) is 39.7 Å². The topological polar surface area (TPSA) is 127 Å². The average Bonchev–Trinajstić information content (AvgIpc) is 3.40. The number of carbonyl (C=O) groups excluding carboxylic acids is 1. The minimum atomic E-state index is -0.146. The van der Waals surface area contributed by atoms with Crippen LogP contribution in [0.15, 0.2) is 36.4 Å². The van der Waals surface area contributed by atoms with Crippen molar-refractivity contribution < 1.29 is 4.79 Å². The molecule has 0 fully saturated rings. The van der Waals surface area contributed by atoms with Gasteiger partial charge in [-0.1, -0.05) is 18.2 Å². The zero-order valence-electron chi connectivity index (χ0n) is 16.4. The highest BCUT2D eigenvalue weighted by Gasteiger charge is 2.18. The summed E-state index contributed by atoms with van der Waals surface area (Å²) in [6.45, 7) is 5.93. The van der Waals surface area contributed by atoms with Crippen molar-refractivity contribution in [1.29, 1.82) is 0 Å². The molecular formula is C20H22N8O. The van der Waals surface area contributed by atoms with Gasteiger partial charge in [0.05, 0.1) is 12.2 Å². The SMILES string of the molecule is Cc1cc(-c2nc(-c3[nH]nc(NCC(=O)Nc4ccccc4)c3C)c(C)[nH]2)n[nH]1. The first-order chi connectivity index (χ1) is 14.0. The smallest absolute Gasteiger partial charge is 0.243 e. The van der Waals surface area contributed by atoms with Gasteiger partial charge in [-0.3, -0.25) is 15.0 Å². The third-order valence-corrected chi connectivity index (χ3v) is 4.55. The standard InChI is InChI=1S/C20H22N8O/c1-11-9-15(26-25-11)20-22-13(3)18(24-20)17-12(2)19(28-27-17)21-10-16(29)23-14-7-5-4-6-8-14/h4-9H,10H2,1-3H3,(H,22,24)(H,23,29)(H,25,26)(H2,21,27,28). The fourth-order valence-electron chi connectivity index (χ4n) is 3.06. The molecule has 5 N–H and O–H groups in total. The summed E-state index contributed by atoms with van der Waals surface area (Å²) in [7, 11) is 0. The normalized spacial score (nSPS) is 10.9. The minimum absolute atomic E-state index is 0.109. The molecule has 29 heavy (non-hydrogen) atoms. The molecule has 0 aliphatic rings. The number of aromatic amines is 3. The molecule has 3 aromatic heterocycles. The molecule has 4 aromatic rings. The van der Waals surface area contributed by atoms with E-state index in [1.54, 1.807) is 0 Å². The lowest BCUT2D eigenvalue weighted by Gasteiger charge is -2.06. The number of benzene rings is 1. The van der Waals surface area contributed by atoms with Crippen LogP contribution in [-0.2, 0) is 4.79 Å². The van der Waals surface area contributed by atoms with Crippen LogP contribution < -0.4 is 10.6 Å². The van der Waals surface area contributed by atoms with E-state index in [9.17, 15) is 4.79 Å². The summed E-state index contributed by atoms with van der Waals surface area (Å²) in [4.78, 5) is 20.1. The number of hydrogen-bond donors (Lipinski definition) is 5. The fourth-order valence-corrected chi connectivity index (χ4v) is 3.06. The van der Waals surface area contributed by atoms with E-state index in [4.69, 9.17) is 0 Å². The molecule has 4 rings (SSSR count). The molecule has 0 spiro atoms. The van der Waals surface area contributed by atoms with Gasteiger partial charge in [-0.15, -0.1) is 0 Å². The summed E-state index contributed by atoms with van der Waals surface area (Å²) >= 11 is 0. The number of aromatic nitrogens is 6. The van der Waals surface area contributed by atoms with Gasteiger partial charge in [-0.05, 0) is 39.0 Å². The van der Waals surface area contributed by atoms with Crippen molar-refractivity contribution in [3.05, 3.63) is 53.3 Å². The van der Waals surface area contributed by atoms with Crippen molar-refractivity contribution in [2.75, 3.05) is 17.2 Å². The Bertz CT molecular complexity index is 1140. The quantitative estimate of drug-likeness (QED) is 0.346. The molecule has 0 unspecified atom stereocenters.